The normalized spacial score (nSPS) is 18.1. The molecule has 1 saturated carbocycles. The highest BCUT2D eigenvalue weighted by Crippen LogP contribution is 2.29. The fourth-order valence-electron chi connectivity index (χ4n) is 3.68. The summed E-state index contributed by atoms with van der Waals surface area (Å²) in [6, 6.07) is 13.1. The van der Waals surface area contributed by atoms with Gasteiger partial charge in [-0.25, -0.2) is 4.98 Å². The lowest BCUT2D eigenvalue weighted by atomic mass is 9.97. The quantitative estimate of drug-likeness (QED) is 0.853. The summed E-state index contributed by atoms with van der Waals surface area (Å²) in [6.07, 6.45) is 6.19. The number of pyridine rings is 1. The number of hydrogen-bond donors (Lipinski definition) is 1. The van der Waals surface area contributed by atoms with Crippen LogP contribution in [0.15, 0.2) is 36.4 Å². The molecule has 4 nitrogen and oxygen atoms in total. The van der Waals surface area contributed by atoms with Crippen molar-refractivity contribution in [3.8, 4) is 17.0 Å². The molecular formula is C21H26N2O2. The first-order valence-electron chi connectivity index (χ1n) is 9.30. The Morgan fingerprint density at radius 3 is 2.48 bits per heavy atom. The van der Waals surface area contributed by atoms with E-state index < -0.39 is 0 Å². The van der Waals surface area contributed by atoms with Gasteiger partial charge in [0, 0.05) is 17.5 Å². The highest BCUT2D eigenvalue weighted by molar-refractivity contribution is 5.64. The molecule has 0 amide bonds. The number of methoxy groups -OCH3 is 1. The van der Waals surface area contributed by atoms with Crippen LogP contribution in [-0.2, 0) is 11.2 Å². The second kappa shape index (κ2) is 7.44. The zero-order chi connectivity index (χ0) is 17.1. The van der Waals surface area contributed by atoms with Gasteiger partial charge in [0.05, 0.1) is 26.0 Å². The van der Waals surface area contributed by atoms with Crippen LogP contribution in [0.3, 0.4) is 0 Å². The Morgan fingerprint density at radius 1 is 1.08 bits per heavy atom. The van der Waals surface area contributed by atoms with E-state index in [1.807, 2.05) is 12.1 Å². The first-order valence-corrected chi connectivity index (χ1v) is 9.30. The third-order valence-electron chi connectivity index (χ3n) is 5.28. The lowest BCUT2D eigenvalue weighted by Gasteiger charge is -2.27. The van der Waals surface area contributed by atoms with Crippen molar-refractivity contribution in [3.63, 3.8) is 0 Å². The lowest BCUT2D eigenvalue weighted by molar-refractivity contribution is -0.0311. The van der Waals surface area contributed by atoms with Crippen molar-refractivity contribution in [2.24, 2.45) is 5.92 Å². The molecule has 4 rings (SSSR count). The van der Waals surface area contributed by atoms with Crippen LogP contribution in [0.1, 0.15) is 31.2 Å². The summed E-state index contributed by atoms with van der Waals surface area (Å²) < 4.78 is 10.6. The molecule has 2 heterocycles. The minimum atomic E-state index is 0.565. The van der Waals surface area contributed by atoms with Crippen LogP contribution in [0.2, 0.25) is 0 Å². The highest BCUT2D eigenvalue weighted by Gasteiger charge is 2.22. The van der Waals surface area contributed by atoms with Gasteiger partial charge in [0.2, 0.25) is 0 Å². The van der Waals surface area contributed by atoms with Crippen molar-refractivity contribution >= 4 is 5.82 Å². The first-order chi connectivity index (χ1) is 12.3. The van der Waals surface area contributed by atoms with E-state index in [2.05, 4.69) is 29.6 Å². The standard InChI is InChI=1S/C21H26N2O2/c1-24-19-9-6-16(7-10-19)20-11-8-17(12-15-13-25-14-15)21(23-20)22-18-4-2-3-5-18/h6-11,15,18H,2-5,12-14H2,1H3,(H,22,23). The number of ether oxygens (including phenoxy) is 2. The Morgan fingerprint density at radius 2 is 1.84 bits per heavy atom. The second-order valence-corrected chi connectivity index (χ2v) is 7.17. The monoisotopic (exact) mass is 338 g/mol. The molecule has 2 aromatic rings. The predicted octanol–water partition coefficient (Wildman–Crippen LogP) is 4.30. The summed E-state index contributed by atoms with van der Waals surface area (Å²) in [7, 11) is 1.69. The molecule has 4 heteroatoms. The molecule has 0 atom stereocenters. The molecule has 1 aliphatic heterocycles. The minimum absolute atomic E-state index is 0.565. The molecule has 2 fully saturated rings. The van der Waals surface area contributed by atoms with Gasteiger partial charge in [-0.15, -0.1) is 0 Å². The van der Waals surface area contributed by atoms with Gasteiger partial charge in [0.15, 0.2) is 0 Å². The van der Waals surface area contributed by atoms with E-state index >= 15 is 0 Å². The van der Waals surface area contributed by atoms with Gasteiger partial charge in [0.1, 0.15) is 11.6 Å². The number of nitrogens with zero attached hydrogens (tertiary/aromatic N) is 1. The summed E-state index contributed by atoms with van der Waals surface area (Å²) in [6.45, 7) is 1.76. The van der Waals surface area contributed by atoms with Crippen LogP contribution >= 0.6 is 0 Å². The van der Waals surface area contributed by atoms with Crippen molar-refractivity contribution in [3.05, 3.63) is 42.0 Å². The van der Waals surface area contributed by atoms with Crippen molar-refractivity contribution in [1.29, 1.82) is 0 Å². The van der Waals surface area contributed by atoms with Gasteiger partial charge in [-0.2, -0.15) is 0 Å². The van der Waals surface area contributed by atoms with Crippen LogP contribution < -0.4 is 10.1 Å². The molecule has 2 aliphatic rings. The number of anilines is 1. The van der Waals surface area contributed by atoms with Gasteiger partial charge in [-0.1, -0.05) is 18.9 Å². The number of aromatic nitrogens is 1. The molecule has 1 aromatic heterocycles. The lowest BCUT2D eigenvalue weighted by Crippen LogP contribution is -2.30. The van der Waals surface area contributed by atoms with Gasteiger partial charge < -0.3 is 14.8 Å². The summed E-state index contributed by atoms with van der Waals surface area (Å²) in [5.74, 6) is 2.57. The van der Waals surface area contributed by atoms with E-state index in [4.69, 9.17) is 14.5 Å². The van der Waals surface area contributed by atoms with Crippen LogP contribution in [0.5, 0.6) is 5.75 Å². The molecular weight excluding hydrogens is 312 g/mol. The highest BCUT2D eigenvalue weighted by atomic mass is 16.5. The van der Waals surface area contributed by atoms with E-state index in [1.165, 1.54) is 31.2 Å². The molecule has 0 radical (unpaired) electrons. The SMILES string of the molecule is COc1ccc(-c2ccc(CC3COC3)c(NC3CCCC3)n2)cc1. The predicted molar refractivity (Wildman–Crippen MR) is 100 cm³/mol. The number of benzene rings is 1. The molecule has 1 aromatic carbocycles. The van der Waals surface area contributed by atoms with Crippen molar-refractivity contribution < 1.29 is 9.47 Å². The molecule has 0 bridgehead atoms. The molecule has 0 spiro atoms. The smallest absolute Gasteiger partial charge is 0.130 e. The van der Waals surface area contributed by atoms with E-state index in [0.717, 1.165) is 42.5 Å². The van der Waals surface area contributed by atoms with Gasteiger partial charge in [0.25, 0.3) is 0 Å². The fraction of sp³-hybridized carbons (Fsp3) is 0.476. The van der Waals surface area contributed by atoms with E-state index in [-0.39, 0.29) is 0 Å². The molecule has 132 valence electrons. The van der Waals surface area contributed by atoms with Crippen LogP contribution in [0.4, 0.5) is 5.82 Å². The fourth-order valence-corrected chi connectivity index (χ4v) is 3.68. The maximum atomic E-state index is 5.34. The van der Waals surface area contributed by atoms with Gasteiger partial charge in [-0.3, -0.25) is 0 Å². The summed E-state index contributed by atoms with van der Waals surface area (Å²) in [5.41, 5.74) is 3.45. The summed E-state index contributed by atoms with van der Waals surface area (Å²) in [5, 5.41) is 3.72. The van der Waals surface area contributed by atoms with Crippen molar-refractivity contribution in [1.82, 2.24) is 4.98 Å². The number of hydrogen-bond acceptors (Lipinski definition) is 4. The summed E-state index contributed by atoms with van der Waals surface area (Å²) in [4.78, 5) is 4.98. The zero-order valence-electron chi connectivity index (χ0n) is 14.8. The summed E-state index contributed by atoms with van der Waals surface area (Å²) >= 11 is 0. The molecule has 1 N–H and O–H groups in total. The zero-order valence-corrected chi connectivity index (χ0v) is 14.8. The topological polar surface area (TPSA) is 43.4 Å². The third-order valence-corrected chi connectivity index (χ3v) is 5.28. The average Bonchev–Trinajstić information content (AvgIpc) is 3.12. The number of nitrogens with one attached hydrogen (secondary N) is 1. The second-order valence-electron chi connectivity index (χ2n) is 7.17. The van der Waals surface area contributed by atoms with Crippen LogP contribution in [0, 0.1) is 5.92 Å². The van der Waals surface area contributed by atoms with E-state index in [1.54, 1.807) is 7.11 Å². The van der Waals surface area contributed by atoms with Gasteiger partial charge >= 0.3 is 0 Å². The van der Waals surface area contributed by atoms with Crippen LogP contribution in [-0.4, -0.2) is 31.3 Å². The molecule has 25 heavy (non-hydrogen) atoms. The largest absolute Gasteiger partial charge is 0.497 e. The Kier molecular flexibility index (Phi) is 4.88. The van der Waals surface area contributed by atoms with Crippen LogP contribution in [0.25, 0.3) is 11.3 Å². The maximum absolute atomic E-state index is 5.34. The molecule has 0 unspecified atom stereocenters. The minimum Gasteiger partial charge on any atom is -0.497 e. The van der Waals surface area contributed by atoms with Gasteiger partial charge in [-0.05, 0) is 55.2 Å². The Labute approximate surface area is 149 Å². The Bertz CT molecular complexity index is 704. The maximum Gasteiger partial charge on any atom is 0.130 e. The van der Waals surface area contributed by atoms with Crippen molar-refractivity contribution in [2.75, 3.05) is 25.6 Å². The third kappa shape index (κ3) is 3.79. The van der Waals surface area contributed by atoms with E-state index in [9.17, 15) is 0 Å². The van der Waals surface area contributed by atoms with Crippen molar-refractivity contribution in [2.45, 2.75) is 38.1 Å². The average molecular weight is 338 g/mol. The molecule has 1 aliphatic carbocycles. The number of rotatable bonds is 6. The van der Waals surface area contributed by atoms with E-state index in [0.29, 0.717) is 12.0 Å². The molecule has 1 saturated heterocycles. The Balaban J connectivity index is 1.60. The Hall–Kier alpha value is -2.07. The first kappa shape index (κ1) is 16.4.